The highest BCUT2D eigenvalue weighted by Gasteiger charge is 2.43. The van der Waals surface area contributed by atoms with Gasteiger partial charge in [0.05, 0.1) is 12.6 Å². The molecule has 7 heteroatoms. The van der Waals surface area contributed by atoms with Crippen molar-refractivity contribution in [3.8, 4) is 0 Å². The molecule has 0 spiro atoms. The van der Waals surface area contributed by atoms with Crippen LogP contribution in [0.3, 0.4) is 0 Å². The molecule has 2 aromatic rings. The number of aliphatic hydroxyl groups is 1. The van der Waals surface area contributed by atoms with Gasteiger partial charge >= 0.3 is 0 Å². The maximum Gasteiger partial charge on any atom is 0.250 e. The summed E-state index contributed by atoms with van der Waals surface area (Å²) in [6, 6.07) is 17.2. The van der Waals surface area contributed by atoms with E-state index in [0.29, 0.717) is 12.4 Å². The molecule has 4 N–H and O–H groups in total. The molecule has 0 radical (unpaired) electrons. The molecular weight excluding hydrogens is 344 g/mol. The summed E-state index contributed by atoms with van der Waals surface area (Å²) in [5.74, 6) is -0.813. The Labute approximate surface area is 156 Å². The van der Waals surface area contributed by atoms with E-state index in [1.165, 1.54) is 0 Å². The smallest absolute Gasteiger partial charge is 0.250 e. The number of hydrogen-bond donors (Lipinski definition) is 4. The topological polar surface area (TPSA) is 93.7 Å². The van der Waals surface area contributed by atoms with E-state index in [2.05, 4.69) is 20.9 Å². The first kappa shape index (κ1) is 17.3. The average molecular weight is 364 g/mol. The molecule has 4 rings (SSSR count). The number of amides is 2. The second kappa shape index (κ2) is 7.22. The number of anilines is 2. The number of rotatable bonds is 4. The fourth-order valence-corrected chi connectivity index (χ4v) is 3.53. The van der Waals surface area contributed by atoms with E-state index < -0.39 is 12.5 Å². The molecule has 1 saturated heterocycles. The van der Waals surface area contributed by atoms with Crippen molar-refractivity contribution in [2.45, 2.75) is 6.17 Å². The lowest BCUT2D eigenvalue weighted by Crippen LogP contribution is -2.58. The SMILES string of the molecule is O=C(CO)Nc1ccc(C2=CN(c3ccccc3)C3NCNC(=O)C23)cc1. The van der Waals surface area contributed by atoms with Crippen molar-refractivity contribution in [3.63, 3.8) is 0 Å². The molecule has 2 atom stereocenters. The standard InChI is InChI=1S/C20H20N4O3/c25-11-17(26)23-14-8-6-13(7-9-14)16-10-24(15-4-2-1-3-5-15)19-18(16)20(27)22-12-21-19/h1-10,18-19,21,25H,11-12H2,(H,22,27)(H,23,26). The first-order valence-corrected chi connectivity index (χ1v) is 8.75. The van der Waals surface area contributed by atoms with Crippen LogP contribution in [0.15, 0.2) is 60.8 Å². The van der Waals surface area contributed by atoms with E-state index in [4.69, 9.17) is 5.11 Å². The van der Waals surface area contributed by atoms with Crippen LogP contribution >= 0.6 is 0 Å². The van der Waals surface area contributed by atoms with Crippen LogP contribution in [-0.4, -0.2) is 36.4 Å². The molecule has 0 aromatic heterocycles. The molecule has 2 aliphatic heterocycles. The van der Waals surface area contributed by atoms with Gasteiger partial charge in [0, 0.05) is 17.6 Å². The number of carbonyl (C=O) groups is 2. The average Bonchev–Trinajstić information content (AvgIpc) is 3.10. The molecule has 2 unspecified atom stereocenters. The Bertz CT molecular complexity index is 880. The van der Waals surface area contributed by atoms with Gasteiger partial charge in [0.2, 0.25) is 11.8 Å². The lowest BCUT2D eigenvalue weighted by Gasteiger charge is -2.34. The second-order valence-electron chi connectivity index (χ2n) is 6.46. The minimum Gasteiger partial charge on any atom is -0.387 e. The number of para-hydroxylation sites is 1. The van der Waals surface area contributed by atoms with Crippen LogP contribution in [-0.2, 0) is 9.59 Å². The molecular formula is C20H20N4O3. The number of aliphatic hydroxyl groups excluding tert-OH is 1. The van der Waals surface area contributed by atoms with Gasteiger partial charge in [-0.1, -0.05) is 30.3 Å². The molecule has 2 aliphatic rings. The summed E-state index contributed by atoms with van der Waals surface area (Å²) < 4.78 is 0. The maximum atomic E-state index is 12.6. The summed E-state index contributed by atoms with van der Waals surface area (Å²) in [5, 5.41) is 17.7. The van der Waals surface area contributed by atoms with Crippen LogP contribution in [0.25, 0.3) is 5.57 Å². The monoisotopic (exact) mass is 364 g/mol. The number of fused-ring (bicyclic) bond motifs is 1. The fraction of sp³-hybridized carbons (Fsp3) is 0.200. The van der Waals surface area contributed by atoms with E-state index in [1.54, 1.807) is 12.1 Å². The highest BCUT2D eigenvalue weighted by Crippen LogP contribution is 2.38. The number of nitrogens with one attached hydrogen (secondary N) is 3. The summed E-state index contributed by atoms with van der Waals surface area (Å²) in [6.07, 6.45) is 1.86. The molecule has 7 nitrogen and oxygen atoms in total. The van der Waals surface area contributed by atoms with Crippen molar-refractivity contribution in [3.05, 3.63) is 66.4 Å². The lowest BCUT2D eigenvalue weighted by atomic mass is 9.91. The molecule has 2 aromatic carbocycles. The van der Waals surface area contributed by atoms with Gasteiger partial charge in [-0.2, -0.15) is 0 Å². The zero-order valence-electron chi connectivity index (χ0n) is 14.6. The predicted octanol–water partition coefficient (Wildman–Crippen LogP) is 1.10. The minimum atomic E-state index is -0.561. The molecule has 2 heterocycles. The van der Waals surface area contributed by atoms with Gasteiger partial charge in [0.25, 0.3) is 0 Å². The maximum absolute atomic E-state index is 12.6. The summed E-state index contributed by atoms with van der Waals surface area (Å²) in [7, 11) is 0. The third-order valence-corrected chi connectivity index (χ3v) is 4.78. The Morgan fingerprint density at radius 2 is 1.89 bits per heavy atom. The summed E-state index contributed by atoms with van der Waals surface area (Å²) in [5.41, 5.74) is 3.42. The van der Waals surface area contributed by atoms with Crippen LogP contribution in [0.1, 0.15) is 5.56 Å². The van der Waals surface area contributed by atoms with E-state index in [9.17, 15) is 9.59 Å². The van der Waals surface area contributed by atoms with Gasteiger partial charge in [-0.25, -0.2) is 0 Å². The van der Waals surface area contributed by atoms with Gasteiger partial charge in [-0.15, -0.1) is 0 Å². The number of benzene rings is 2. The number of carbonyl (C=O) groups excluding carboxylic acids is 2. The van der Waals surface area contributed by atoms with Crippen molar-refractivity contribution in [1.82, 2.24) is 10.6 Å². The highest BCUT2D eigenvalue weighted by atomic mass is 16.3. The molecule has 0 saturated carbocycles. The normalized spacial score (nSPS) is 21.3. The van der Waals surface area contributed by atoms with E-state index in [0.717, 1.165) is 16.8 Å². The third kappa shape index (κ3) is 3.30. The zero-order valence-corrected chi connectivity index (χ0v) is 14.6. The Morgan fingerprint density at radius 1 is 1.15 bits per heavy atom. The predicted molar refractivity (Wildman–Crippen MR) is 102 cm³/mol. The van der Waals surface area contributed by atoms with Gasteiger partial charge in [0.1, 0.15) is 12.8 Å². The quantitative estimate of drug-likeness (QED) is 0.652. The van der Waals surface area contributed by atoms with Crippen LogP contribution in [0, 0.1) is 5.92 Å². The fourth-order valence-electron chi connectivity index (χ4n) is 3.53. The van der Waals surface area contributed by atoms with E-state index in [-0.39, 0.29) is 18.0 Å². The van der Waals surface area contributed by atoms with Gasteiger partial charge in [-0.05, 0) is 35.4 Å². The molecule has 0 aliphatic carbocycles. The second-order valence-corrected chi connectivity index (χ2v) is 6.46. The highest BCUT2D eigenvalue weighted by molar-refractivity contribution is 5.97. The molecule has 1 fully saturated rings. The first-order valence-electron chi connectivity index (χ1n) is 8.75. The van der Waals surface area contributed by atoms with Gasteiger partial charge in [-0.3, -0.25) is 14.9 Å². The Morgan fingerprint density at radius 3 is 2.59 bits per heavy atom. The van der Waals surface area contributed by atoms with Crippen molar-refractivity contribution >= 4 is 28.8 Å². The van der Waals surface area contributed by atoms with Crippen LogP contribution in [0.2, 0.25) is 0 Å². The van der Waals surface area contributed by atoms with E-state index in [1.807, 2.05) is 48.7 Å². The molecule has 138 valence electrons. The van der Waals surface area contributed by atoms with Crippen LogP contribution in [0.4, 0.5) is 11.4 Å². The minimum absolute atomic E-state index is 0.0129. The van der Waals surface area contributed by atoms with Crippen LogP contribution < -0.4 is 20.9 Å². The Hall–Kier alpha value is -3.16. The lowest BCUT2D eigenvalue weighted by molar-refractivity contribution is -0.125. The Kier molecular flexibility index (Phi) is 4.62. The summed E-state index contributed by atoms with van der Waals surface area (Å²) >= 11 is 0. The zero-order chi connectivity index (χ0) is 18.8. The van der Waals surface area contributed by atoms with Gasteiger partial charge in [0.15, 0.2) is 0 Å². The van der Waals surface area contributed by atoms with Crippen LogP contribution in [0.5, 0.6) is 0 Å². The number of hydrogen-bond acceptors (Lipinski definition) is 5. The van der Waals surface area contributed by atoms with E-state index >= 15 is 0 Å². The number of nitrogens with zero attached hydrogens (tertiary/aromatic N) is 1. The molecule has 0 bridgehead atoms. The van der Waals surface area contributed by atoms with Crippen molar-refractivity contribution in [1.29, 1.82) is 0 Å². The Balaban J connectivity index is 1.67. The summed E-state index contributed by atoms with van der Waals surface area (Å²) in [4.78, 5) is 26.0. The first-order chi connectivity index (χ1) is 13.2. The van der Waals surface area contributed by atoms with Crippen molar-refractivity contribution in [2.24, 2.45) is 5.92 Å². The molecule has 27 heavy (non-hydrogen) atoms. The molecule has 2 amide bonds. The van der Waals surface area contributed by atoms with Gasteiger partial charge < -0.3 is 20.6 Å². The largest absolute Gasteiger partial charge is 0.387 e. The van der Waals surface area contributed by atoms with Crippen molar-refractivity contribution in [2.75, 3.05) is 23.5 Å². The van der Waals surface area contributed by atoms with Crippen molar-refractivity contribution < 1.29 is 14.7 Å². The summed E-state index contributed by atoms with van der Waals surface area (Å²) in [6.45, 7) is -0.134. The third-order valence-electron chi connectivity index (χ3n) is 4.78.